The van der Waals surface area contributed by atoms with Crippen molar-refractivity contribution in [1.82, 2.24) is 0 Å². The van der Waals surface area contributed by atoms with Gasteiger partial charge in [-0.3, -0.25) is 0 Å². The van der Waals surface area contributed by atoms with Crippen molar-refractivity contribution in [3.63, 3.8) is 0 Å². The first-order valence-electron chi connectivity index (χ1n) is 7.15. The Labute approximate surface area is 109 Å². The molecule has 0 amide bonds. The van der Waals surface area contributed by atoms with Gasteiger partial charge in [0.05, 0.1) is 6.61 Å². The van der Waals surface area contributed by atoms with Crippen LogP contribution >= 0.6 is 0 Å². The molecular formula is C14H24O4. The van der Waals surface area contributed by atoms with Gasteiger partial charge in [0.15, 0.2) is 0 Å². The Hall–Kier alpha value is -0.770. The quantitative estimate of drug-likeness (QED) is 0.709. The van der Waals surface area contributed by atoms with E-state index in [-0.39, 0.29) is 6.10 Å². The molecule has 0 aromatic carbocycles. The zero-order chi connectivity index (χ0) is 13.0. The lowest BCUT2D eigenvalue weighted by Gasteiger charge is -2.34. The second-order valence-electron chi connectivity index (χ2n) is 5.63. The van der Waals surface area contributed by atoms with E-state index in [4.69, 9.17) is 14.2 Å². The van der Waals surface area contributed by atoms with Gasteiger partial charge in [0.1, 0.15) is 6.10 Å². The molecule has 1 saturated heterocycles. The maximum atomic E-state index is 11.7. The Bertz CT molecular complexity index is 263. The van der Waals surface area contributed by atoms with E-state index in [2.05, 4.69) is 13.8 Å². The SMILES string of the molecule is CC1CCCC(C)C1OC(=O)OC1CCCCO1. The third kappa shape index (κ3) is 3.61. The molecule has 0 spiro atoms. The highest BCUT2D eigenvalue weighted by atomic mass is 16.8. The molecule has 104 valence electrons. The Morgan fingerprint density at radius 2 is 1.72 bits per heavy atom. The average molecular weight is 256 g/mol. The Morgan fingerprint density at radius 3 is 2.33 bits per heavy atom. The maximum Gasteiger partial charge on any atom is 0.510 e. The van der Waals surface area contributed by atoms with Gasteiger partial charge in [-0.1, -0.05) is 20.3 Å². The summed E-state index contributed by atoms with van der Waals surface area (Å²) in [5, 5.41) is 0. The highest BCUT2D eigenvalue weighted by molar-refractivity contribution is 5.60. The summed E-state index contributed by atoms with van der Waals surface area (Å²) in [6.07, 6.45) is 5.39. The van der Waals surface area contributed by atoms with Gasteiger partial charge in [-0.15, -0.1) is 0 Å². The van der Waals surface area contributed by atoms with Crippen LogP contribution in [0.15, 0.2) is 0 Å². The van der Waals surface area contributed by atoms with Gasteiger partial charge in [0.2, 0.25) is 6.29 Å². The van der Waals surface area contributed by atoms with Gasteiger partial charge in [0, 0.05) is 6.42 Å². The zero-order valence-electron chi connectivity index (χ0n) is 11.4. The van der Waals surface area contributed by atoms with E-state index < -0.39 is 12.4 Å². The Kier molecular flexibility index (Phi) is 4.87. The maximum absolute atomic E-state index is 11.7. The first kappa shape index (κ1) is 13.7. The molecule has 18 heavy (non-hydrogen) atoms. The summed E-state index contributed by atoms with van der Waals surface area (Å²) in [4.78, 5) is 11.7. The number of hydrogen-bond acceptors (Lipinski definition) is 4. The van der Waals surface area contributed by atoms with Crippen LogP contribution in [0, 0.1) is 11.8 Å². The molecule has 4 nitrogen and oxygen atoms in total. The minimum Gasteiger partial charge on any atom is -0.430 e. The van der Waals surface area contributed by atoms with Gasteiger partial charge in [0.25, 0.3) is 0 Å². The fourth-order valence-corrected chi connectivity index (χ4v) is 2.93. The molecule has 2 fully saturated rings. The molecule has 1 aliphatic carbocycles. The van der Waals surface area contributed by atoms with E-state index in [1.165, 1.54) is 6.42 Å². The number of carbonyl (C=O) groups excluding carboxylic acids is 1. The highest BCUT2D eigenvalue weighted by Gasteiger charge is 2.32. The Balaban J connectivity index is 1.78. The molecule has 0 aromatic heterocycles. The van der Waals surface area contributed by atoms with Crippen LogP contribution in [0.5, 0.6) is 0 Å². The molecule has 2 aliphatic rings. The first-order valence-corrected chi connectivity index (χ1v) is 7.15. The standard InChI is InChI=1S/C14H24O4/c1-10-6-5-7-11(2)13(10)18-14(15)17-12-8-3-4-9-16-12/h10-13H,3-9H2,1-2H3. The molecule has 1 heterocycles. The van der Waals surface area contributed by atoms with Crippen LogP contribution in [0.2, 0.25) is 0 Å². The van der Waals surface area contributed by atoms with E-state index >= 15 is 0 Å². The summed E-state index contributed by atoms with van der Waals surface area (Å²) < 4.78 is 16.1. The van der Waals surface area contributed by atoms with Crippen molar-refractivity contribution >= 4 is 6.16 Å². The molecule has 0 aromatic rings. The number of rotatable bonds is 2. The van der Waals surface area contributed by atoms with E-state index in [9.17, 15) is 4.79 Å². The second kappa shape index (κ2) is 6.41. The fraction of sp³-hybridized carbons (Fsp3) is 0.929. The lowest BCUT2D eigenvalue weighted by atomic mass is 9.81. The lowest BCUT2D eigenvalue weighted by molar-refractivity contribution is -0.152. The van der Waals surface area contributed by atoms with Gasteiger partial charge >= 0.3 is 6.16 Å². The van der Waals surface area contributed by atoms with E-state index in [1.807, 2.05) is 0 Å². The van der Waals surface area contributed by atoms with Crippen molar-refractivity contribution in [3.8, 4) is 0 Å². The van der Waals surface area contributed by atoms with Crippen molar-refractivity contribution in [2.24, 2.45) is 11.8 Å². The summed E-state index contributed by atoms with van der Waals surface area (Å²) in [6, 6.07) is 0. The van der Waals surface area contributed by atoms with Crippen molar-refractivity contribution in [2.45, 2.75) is 64.8 Å². The minimum absolute atomic E-state index is 0.00478. The molecule has 0 N–H and O–H groups in total. The molecule has 1 aliphatic heterocycles. The van der Waals surface area contributed by atoms with Crippen LogP contribution in [0.25, 0.3) is 0 Å². The normalized spacial score (nSPS) is 37.0. The summed E-state index contributed by atoms with van der Waals surface area (Å²) in [5.74, 6) is 0.849. The predicted molar refractivity (Wildman–Crippen MR) is 67.1 cm³/mol. The molecule has 0 radical (unpaired) electrons. The monoisotopic (exact) mass is 256 g/mol. The molecule has 2 rings (SSSR count). The zero-order valence-corrected chi connectivity index (χ0v) is 11.4. The third-order valence-electron chi connectivity index (χ3n) is 4.04. The molecule has 3 unspecified atom stereocenters. The number of hydrogen-bond donors (Lipinski definition) is 0. The largest absolute Gasteiger partial charge is 0.510 e. The minimum atomic E-state index is -0.562. The van der Waals surface area contributed by atoms with Crippen molar-refractivity contribution in [2.75, 3.05) is 6.61 Å². The van der Waals surface area contributed by atoms with Gasteiger partial charge in [-0.25, -0.2) is 4.79 Å². The molecular weight excluding hydrogens is 232 g/mol. The molecule has 4 heteroatoms. The van der Waals surface area contributed by atoms with Crippen LogP contribution in [-0.4, -0.2) is 25.2 Å². The second-order valence-corrected chi connectivity index (χ2v) is 5.63. The van der Waals surface area contributed by atoms with Crippen molar-refractivity contribution in [3.05, 3.63) is 0 Å². The van der Waals surface area contributed by atoms with Crippen LogP contribution in [0.4, 0.5) is 4.79 Å². The van der Waals surface area contributed by atoms with E-state index in [0.29, 0.717) is 18.4 Å². The predicted octanol–water partition coefficient (Wildman–Crippen LogP) is 3.49. The van der Waals surface area contributed by atoms with Crippen molar-refractivity contribution < 1.29 is 19.0 Å². The summed E-state index contributed by atoms with van der Waals surface area (Å²) in [5.41, 5.74) is 0. The van der Waals surface area contributed by atoms with Crippen LogP contribution < -0.4 is 0 Å². The third-order valence-corrected chi connectivity index (χ3v) is 4.04. The Morgan fingerprint density at radius 1 is 1.00 bits per heavy atom. The summed E-state index contributed by atoms with van der Waals surface area (Å²) >= 11 is 0. The molecule has 0 bridgehead atoms. The average Bonchev–Trinajstić information content (AvgIpc) is 2.35. The topological polar surface area (TPSA) is 44.8 Å². The van der Waals surface area contributed by atoms with Gasteiger partial charge in [-0.05, 0) is 37.5 Å². The highest BCUT2D eigenvalue weighted by Crippen LogP contribution is 2.31. The first-order chi connectivity index (χ1) is 8.66. The van der Waals surface area contributed by atoms with Gasteiger partial charge < -0.3 is 14.2 Å². The molecule has 1 saturated carbocycles. The smallest absolute Gasteiger partial charge is 0.430 e. The number of ether oxygens (including phenoxy) is 3. The molecule has 3 atom stereocenters. The van der Waals surface area contributed by atoms with Crippen LogP contribution in [0.3, 0.4) is 0 Å². The fourth-order valence-electron chi connectivity index (χ4n) is 2.93. The van der Waals surface area contributed by atoms with Crippen LogP contribution in [0.1, 0.15) is 52.4 Å². The summed E-state index contributed by atoms with van der Waals surface area (Å²) in [6.45, 7) is 4.96. The number of carbonyl (C=O) groups is 1. The van der Waals surface area contributed by atoms with Gasteiger partial charge in [-0.2, -0.15) is 0 Å². The van der Waals surface area contributed by atoms with Crippen molar-refractivity contribution in [1.29, 1.82) is 0 Å². The lowest BCUT2D eigenvalue weighted by Crippen LogP contribution is -2.36. The van der Waals surface area contributed by atoms with E-state index in [1.54, 1.807) is 0 Å². The van der Waals surface area contributed by atoms with E-state index in [0.717, 1.165) is 32.1 Å². The van der Waals surface area contributed by atoms with Crippen LogP contribution in [-0.2, 0) is 14.2 Å². The summed E-state index contributed by atoms with van der Waals surface area (Å²) in [7, 11) is 0.